The van der Waals surface area contributed by atoms with Gasteiger partial charge in [-0.1, -0.05) is 36.4 Å². The minimum absolute atomic E-state index is 0.152. The van der Waals surface area contributed by atoms with Crippen LogP contribution in [0.4, 0.5) is 10.1 Å². The summed E-state index contributed by atoms with van der Waals surface area (Å²) < 4.78 is 13.9. The smallest absolute Gasteiger partial charge is 0.146 e. The summed E-state index contributed by atoms with van der Waals surface area (Å²) in [6, 6.07) is 15.0. The SMILES string of the molecule is CC(O)c1ccccc1CN1CCN(c2ccccc2F)CC1. The highest BCUT2D eigenvalue weighted by atomic mass is 19.1. The van der Waals surface area contributed by atoms with E-state index in [2.05, 4.69) is 15.9 Å². The number of aliphatic hydroxyl groups is 1. The molecular formula is C19H23FN2O. The summed E-state index contributed by atoms with van der Waals surface area (Å²) in [7, 11) is 0. The molecule has 0 aliphatic carbocycles. The Hall–Kier alpha value is -1.91. The molecule has 2 aromatic carbocycles. The summed E-state index contributed by atoms with van der Waals surface area (Å²) >= 11 is 0. The number of hydrogen-bond acceptors (Lipinski definition) is 3. The Kier molecular flexibility index (Phi) is 4.94. The molecule has 23 heavy (non-hydrogen) atoms. The van der Waals surface area contributed by atoms with Gasteiger partial charge in [0.25, 0.3) is 0 Å². The predicted octanol–water partition coefficient (Wildman–Crippen LogP) is 3.20. The van der Waals surface area contributed by atoms with Crippen molar-refractivity contribution in [2.45, 2.75) is 19.6 Å². The number of halogens is 1. The number of aliphatic hydroxyl groups excluding tert-OH is 1. The van der Waals surface area contributed by atoms with E-state index in [4.69, 9.17) is 0 Å². The third kappa shape index (κ3) is 3.71. The molecule has 3 rings (SSSR count). The van der Waals surface area contributed by atoms with Gasteiger partial charge in [-0.2, -0.15) is 0 Å². The zero-order chi connectivity index (χ0) is 16.2. The van der Waals surface area contributed by atoms with Crippen LogP contribution in [0.25, 0.3) is 0 Å². The van der Waals surface area contributed by atoms with Crippen LogP contribution in [0.1, 0.15) is 24.2 Å². The van der Waals surface area contributed by atoms with Gasteiger partial charge >= 0.3 is 0 Å². The van der Waals surface area contributed by atoms with Crippen molar-refractivity contribution >= 4 is 5.69 Å². The monoisotopic (exact) mass is 314 g/mol. The topological polar surface area (TPSA) is 26.7 Å². The van der Waals surface area contributed by atoms with Gasteiger partial charge in [-0.05, 0) is 30.2 Å². The lowest BCUT2D eigenvalue weighted by molar-refractivity contribution is 0.193. The fourth-order valence-electron chi connectivity index (χ4n) is 3.18. The van der Waals surface area contributed by atoms with Gasteiger partial charge in [0.1, 0.15) is 5.82 Å². The molecule has 1 aliphatic heterocycles. The molecule has 1 N–H and O–H groups in total. The Bertz CT molecular complexity index is 651. The number of para-hydroxylation sites is 1. The van der Waals surface area contributed by atoms with E-state index >= 15 is 0 Å². The molecule has 122 valence electrons. The zero-order valence-electron chi connectivity index (χ0n) is 13.5. The first-order chi connectivity index (χ1) is 11.1. The van der Waals surface area contributed by atoms with Gasteiger partial charge in [-0.25, -0.2) is 4.39 Å². The average molecular weight is 314 g/mol. The molecule has 1 aliphatic rings. The minimum atomic E-state index is -0.453. The number of rotatable bonds is 4. The highest BCUT2D eigenvalue weighted by Crippen LogP contribution is 2.22. The predicted molar refractivity (Wildman–Crippen MR) is 91.0 cm³/mol. The van der Waals surface area contributed by atoms with Gasteiger partial charge in [0.05, 0.1) is 11.8 Å². The zero-order valence-corrected chi connectivity index (χ0v) is 13.5. The molecule has 0 saturated carbocycles. The van der Waals surface area contributed by atoms with Crippen LogP contribution in [-0.2, 0) is 6.54 Å². The summed E-state index contributed by atoms with van der Waals surface area (Å²) in [5, 5.41) is 9.89. The molecule has 0 amide bonds. The van der Waals surface area contributed by atoms with Gasteiger partial charge < -0.3 is 10.0 Å². The van der Waals surface area contributed by atoms with Gasteiger partial charge in [0.2, 0.25) is 0 Å². The van der Waals surface area contributed by atoms with Crippen molar-refractivity contribution in [3.8, 4) is 0 Å². The maximum atomic E-state index is 13.9. The molecule has 0 bridgehead atoms. The Labute approximate surface area is 137 Å². The van der Waals surface area contributed by atoms with E-state index in [0.29, 0.717) is 5.69 Å². The van der Waals surface area contributed by atoms with Crippen LogP contribution in [-0.4, -0.2) is 36.2 Å². The Morgan fingerprint density at radius 3 is 2.35 bits per heavy atom. The molecule has 1 saturated heterocycles. The van der Waals surface area contributed by atoms with Crippen molar-refractivity contribution in [1.82, 2.24) is 4.90 Å². The van der Waals surface area contributed by atoms with E-state index in [0.717, 1.165) is 38.3 Å². The quantitative estimate of drug-likeness (QED) is 0.939. The lowest BCUT2D eigenvalue weighted by Crippen LogP contribution is -2.46. The van der Waals surface area contributed by atoms with E-state index in [9.17, 15) is 9.50 Å². The van der Waals surface area contributed by atoms with Gasteiger partial charge in [-0.3, -0.25) is 4.90 Å². The highest BCUT2D eigenvalue weighted by Gasteiger charge is 2.20. The standard InChI is InChI=1S/C19H23FN2O/c1-15(23)17-7-3-2-6-16(17)14-21-10-12-22(13-11-21)19-9-5-4-8-18(19)20/h2-9,15,23H,10-14H2,1H3. The molecule has 0 radical (unpaired) electrons. The maximum Gasteiger partial charge on any atom is 0.146 e. The molecule has 4 heteroatoms. The summed E-state index contributed by atoms with van der Waals surface area (Å²) in [5.41, 5.74) is 2.85. The number of benzene rings is 2. The van der Waals surface area contributed by atoms with Crippen LogP contribution in [0.3, 0.4) is 0 Å². The summed E-state index contributed by atoms with van der Waals surface area (Å²) in [5.74, 6) is -0.152. The summed E-state index contributed by atoms with van der Waals surface area (Å²) in [4.78, 5) is 4.46. The van der Waals surface area contributed by atoms with Crippen molar-refractivity contribution in [2.75, 3.05) is 31.1 Å². The van der Waals surface area contributed by atoms with Crippen LogP contribution in [0.5, 0.6) is 0 Å². The molecular weight excluding hydrogens is 291 g/mol. The van der Waals surface area contributed by atoms with Crippen molar-refractivity contribution < 1.29 is 9.50 Å². The van der Waals surface area contributed by atoms with Gasteiger partial charge in [0, 0.05) is 32.7 Å². The van der Waals surface area contributed by atoms with Crippen LogP contribution >= 0.6 is 0 Å². The molecule has 1 fully saturated rings. The van der Waals surface area contributed by atoms with Crippen LogP contribution in [0.2, 0.25) is 0 Å². The van der Waals surface area contributed by atoms with E-state index in [1.165, 1.54) is 11.6 Å². The highest BCUT2D eigenvalue weighted by molar-refractivity contribution is 5.48. The molecule has 1 unspecified atom stereocenters. The van der Waals surface area contributed by atoms with Crippen molar-refractivity contribution in [3.63, 3.8) is 0 Å². The van der Waals surface area contributed by atoms with Crippen molar-refractivity contribution in [3.05, 3.63) is 65.5 Å². The number of hydrogen-bond donors (Lipinski definition) is 1. The molecule has 1 heterocycles. The van der Waals surface area contributed by atoms with E-state index in [-0.39, 0.29) is 5.82 Å². The molecule has 1 atom stereocenters. The maximum absolute atomic E-state index is 13.9. The largest absolute Gasteiger partial charge is 0.389 e. The van der Waals surface area contributed by atoms with Crippen molar-refractivity contribution in [2.24, 2.45) is 0 Å². The Morgan fingerprint density at radius 1 is 1.00 bits per heavy atom. The summed E-state index contributed by atoms with van der Waals surface area (Å²) in [6.45, 7) is 6.04. The van der Waals surface area contributed by atoms with Gasteiger partial charge in [0.15, 0.2) is 0 Å². The third-order valence-electron chi connectivity index (χ3n) is 4.46. The Morgan fingerprint density at radius 2 is 1.65 bits per heavy atom. The molecule has 0 spiro atoms. The van der Waals surface area contributed by atoms with Crippen molar-refractivity contribution in [1.29, 1.82) is 0 Å². The number of anilines is 1. The average Bonchev–Trinajstić information content (AvgIpc) is 2.56. The first-order valence-corrected chi connectivity index (χ1v) is 8.13. The lowest BCUT2D eigenvalue weighted by Gasteiger charge is -2.36. The Balaban J connectivity index is 1.63. The van der Waals surface area contributed by atoms with Crippen LogP contribution in [0, 0.1) is 5.82 Å². The number of nitrogens with zero attached hydrogens (tertiary/aromatic N) is 2. The van der Waals surface area contributed by atoms with E-state index < -0.39 is 6.10 Å². The second kappa shape index (κ2) is 7.11. The summed E-state index contributed by atoms with van der Waals surface area (Å²) in [6.07, 6.45) is -0.453. The third-order valence-corrected chi connectivity index (χ3v) is 4.46. The van der Waals surface area contributed by atoms with E-state index in [1.807, 2.05) is 30.3 Å². The molecule has 3 nitrogen and oxygen atoms in total. The first-order valence-electron chi connectivity index (χ1n) is 8.13. The second-order valence-corrected chi connectivity index (χ2v) is 6.09. The van der Waals surface area contributed by atoms with E-state index in [1.54, 1.807) is 13.0 Å². The fourth-order valence-corrected chi connectivity index (χ4v) is 3.18. The van der Waals surface area contributed by atoms with Crippen LogP contribution in [0.15, 0.2) is 48.5 Å². The first kappa shape index (κ1) is 16.0. The fraction of sp³-hybridized carbons (Fsp3) is 0.368. The second-order valence-electron chi connectivity index (χ2n) is 6.09. The normalized spacial score (nSPS) is 17.3. The minimum Gasteiger partial charge on any atom is -0.389 e. The lowest BCUT2D eigenvalue weighted by atomic mass is 10.0. The van der Waals surface area contributed by atoms with Crippen LogP contribution < -0.4 is 4.90 Å². The molecule has 0 aromatic heterocycles. The number of piperazine rings is 1. The van der Waals surface area contributed by atoms with Gasteiger partial charge in [-0.15, -0.1) is 0 Å². The molecule has 2 aromatic rings.